The second kappa shape index (κ2) is 8.00. The highest BCUT2D eigenvalue weighted by molar-refractivity contribution is 5.87. The van der Waals surface area contributed by atoms with Crippen LogP contribution in [0.3, 0.4) is 0 Å². The highest BCUT2D eigenvalue weighted by Gasteiger charge is 2.38. The van der Waals surface area contributed by atoms with Crippen molar-refractivity contribution in [2.24, 2.45) is 5.73 Å². The summed E-state index contributed by atoms with van der Waals surface area (Å²) in [6.45, 7) is 0.568. The molecule has 0 unspecified atom stereocenters. The molecule has 1 aliphatic rings. The van der Waals surface area contributed by atoms with Gasteiger partial charge >= 0.3 is 5.97 Å². The molecule has 0 aromatic heterocycles. The van der Waals surface area contributed by atoms with Crippen LogP contribution in [0.2, 0.25) is 0 Å². The van der Waals surface area contributed by atoms with Gasteiger partial charge in [0.2, 0.25) is 0 Å². The van der Waals surface area contributed by atoms with Gasteiger partial charge in [-0.25, -0.2) is 14.9 Å². The number of carboxylic acid groups (broad SMARTS) is 1. The third kappa shape index (κ3) is 5.07. The van der Waals surface area contributed by atoms with Crippen LogP contribution in [-0.4, -0.2) is 58.0 Å². The summed E-state index contributed by atoms with van der Waals surface area (Å²) in [5.74, 6) is -1.93. The molecule has 22 heavy (non-hydrogen) atoms. The smallest absolute Gasteiger partial charge is 0.326 e. The molecule has 0 aromatic carbocycles. The summed E-state index contributed by atoms with van der Waals surface area (Å²) in [4.78, 5) is 35.2. The van der Waals surface area contributed by atoms with Crippen LogP contribution in [0.15, 0.2) is 0 Å². The second-order valence-electron chi connectivity index (χ2n) is 4.95. The maximum Gasteiger partial charge on any atom is 0.326 e. The number of aliphatic carboxylic acids is 1. The van der Waals surface area contributed by atoms with Crippen LogP contribution in [0.1, 0.15) is 25.7 Å². The van der Waals surface area contributed by atoms with Crippen molar-refractivity contribution in [1.29, 1.82) is 5.41 Å². The number of carbonyl (C=O) groups excluding carboxylic acids is 1. The second-order valence-corrected chi connectivity index (χ2v) is 4.95. The van der Waals surface area contributed by atoms with Crippen LogP contribution >= 0.6 is 0 Å². The van der Waals surface area contributed by atoms with Crippen LogP contribution in [0.25, 0.3) is 0 Å². The largest absolute Gasteiger partial charge is 0.480 e. The van der Waals surface area contributed by atoms with E-state index in [9.17, 15) is 19.7 Å². The molecule has 0 aromatic rings. The molecule has 1 rings (SSSR count). The molecule has 11 nitrogen and oxygen atoms in total. The number of amides is 1. The minimum atomic E-state index is -1.11. The number of nitrogens with two attached hydrogens (primary N) is 1. The molecule has 1 heterocycles. The Morgan fingerprint density at radius 3 is 2.77 bits per heavy atom. The maximum absolute atomic E-state index is 12.3. The van der Waals surface area contributed by atoms with Crippen molar-refractivity contribution in [2.75, 3.05) is 13.1 Å². The number of likely N-dealkylation sites (tertiary alicyclic amines) is 1. The molecule has 1 aliphatic heterocycles. The molecule has 0 bridgehead atoms. The number of nitro groups is 1. The normalized spacial score (nSPS) is 18.5. The lowest BCUT2D eigenvalue weighted by molar-refractivity contribution is -0.548. The SMILES string of the molecule is N=C(N)NCCC[C@H](N[N+](=O)[O-])C(=O)N1CCC[C@H]1C(=O)O. The van der Waals surface area contributed by atoms with Crippen molar-refractivity contribution < 1.29 is 19.7 Å². The number of carboxylic acids is 1. The third-order valence-electron chi connectivity index (χ3n) is 3.37. The summed E-state index contributed by atoms with van der Waals surface area (Å²) in [5, 5.41) is 28.4. The highest BCUT2D eigenvalue weighted by Crippen LogP contribution is 2.19. The summed E-state index contributed by atoms with van der Waals surface area (Å²) >= 11 is 0. The summed E-state index contributed by atoms with van der Waals surface area (Å²) < 4.78 is 0. The number of nitrogens with one attached hydrogen (secondary N) is 3. The average molecular weight is 316 g/mol. The van der Waals surface area contributed by atoms with Gasteiger partial charge in [0.25, 0.3) is 5.91 Å². The summed E-state index contributed by atoms with van der Waals surface area (Å²) in [7, 11) is 0. The molecule has 124 valence electrons. The Bertz CT molecular complexity index is 456. The first-order valence-corrected chi connectivity index (χ1v) is 6.84. The molecular weight excluding hydrogens is 296 g/mol. The molecule has 1 fully saturated rings. The molecule has 0 radical (unpaired) electrons. The minimum Gasteiger partial charge on any atom is -0.480 e. The first-order valence-electron chi connectivity index (χ1n) is 6.84. The van der Waals surface area contributed by atoms with Crippen LogP contribution in [0.5, 0.6) is 0 Å². The van der Waals surface area contributed by atoms with Gasteiger partial charge in [-0.05, 0) is 25.7 Å². The van der Waals surface area contributed by atoms with E-state index in [1.807, 2.05) is 5.43 Å². The van der Waals surface area contributed by atoms with Gasteiger partial charge in [-0.3, -0.25) is 10.2 Å². The Hall–Kier alpha value is -2.59. The average Bonchev–Trinajstić information content (AvgIpc) is 2.90. The van der Waals surface area contributed by atoms with Gasteiger partial charge in [-0.2, -0.15) is 0 Å². The minimum absolute atomic E-state index is 0.128. The standard InChI is InChI=1S/C11H20N6O5/c12-11(13)14-5-1-3-7(15-17(21)22)9(18)16-6-2-4-8(16)10(19)20/h7-8,15H,1-6H2,(H,19,20)(H4,12,13,14)/t7-,8-/m0/s1. The van der Waals surface area contributed by atoms with E-state index >= 15 is 0 Å². The highest BCUT2D eigenvalue weighted by atomic mass is 16.7. The van der Waals surface area contributed by atoms with Crippen LogP contribution in [0, 0.1) is 15.5 Å². The molecule has 0 spiro atoms. The predicted octanol–water partition coefficient (Wildman–Crippen LogP) is -1.52. The summed E-state index contributed by atoms with van der Waals surface area (Å²) in [6.07, 6.45) is 1.39. The van der Waals surface area contributed by atoms with E-state index in [0.29, 0.717) is 25.8 Å². The lowest BCUT2D eigenvalue weighted by atomic mass is 10.1. The Kier molecular flexibility index (Phi) is 6.35. The molecular formula is C11H20N6O5. The fourth-order valence-corrected chi connectivity index (χ4v) is 2.39. The quantitative estimate of drug-likeness (QED) is 0.118. The third-order valence-corrected chi connectivity index (χ3v) is 3.37. The lowest BCUT2D eigenvalue weighted by Gasteiger charge is -2.25. The zero-order valence-electron chi connectivity index (χ0n) is 11.9. The number of hydrogen-bond acceptors (Lipinski definition) is 5. The first kappa shape index (κ1) is 17.5. The van der Waals surface area contributed by atoms with E-state index in [1.54, 1.807) is 0 Å². The van der Waals surface area contributed by atoms with Crippen molar-refractivity contribution in [1.82, 2.24) is 15.6 Å². The summed E-state index contributed by atoms with van der Waals surface area (Å²) in [5.41, 5.74) is 7.04. The van der Waals surface area contributed by atoms with Gasteiger partial charge in [-0.1, -0.05) is 0 Å². The summed E-state index contributed by atoms with van der Waals surface area (Å²) in [6, 6.07) is -2.04. The number of rotatable bonds is 8. The Labute approximate surface area is 126 Å². The number of hydrazine groups is 1. The maximum atomic E-state index is 12.3. The fraction of sp³-hybridized carbons (Fsp3) is 0.727. The van der Waals surface area contributed by atoms with E-state index in [1.165, 1.54) is 4.90 Å². The molecule has 11 heteroatoms. The molecule has 2 atom stereocenters. The Balaban J connectivity index is 2.65. The number of guanidine groups is 1. The molecule has 6 N–H and O–H groups in total. The van der Waals surface area contributed by atoms with Gasteiger partial charge in [0.15, 0.2) is 17.0 Å². The van der Waals surface area contributed by atoms with Gasteiger partial charge in [0, 0.05) is 13.1 Å². The molecule has 0 saturated carbocycles. The van der Waals surface area contributed by atoms with E-state index in [2.05, 4.69) is 5.32 Å². The fourth-order valence-electron chi connectivity index (χ4n) is 2.39. The molecule has 0 aliphatic carbocycles. The van der Waals surface area contributed by atoms with Crippen molar-refractivity contribution >= 4 is 17.8 Å². The zero-order chi connectivity index (χ0) is 16.7. The van der Waals surface area contributed by atoms with Crippen LogP contribution < -0.4 is 16.5 Å². The van der Waals surface area contributed by atoms with E-state index in [4.69, 9.17) is 16.2 Å². The number of hydrogen-bond donors (Lipinski definition) is 5. The van der Waals surface area contributed by atoms with E-state index in [-0.39, 0.29) is 18.9 Å². The number of carbonyl (C=O) groups is 2. The van der Waals surface area contributed by atoms with Gasteiger partial charge in [-0.15, -0.1) is 5.43 Å². The van der Waals surface area contributed by atoms with Crippen molar-refractivity contribution in [3.63, 3.8) is 0 Å². The van der Waals surface area contributed by atoms with E-state index < -0.39 is 29.0 Å². The predicted molar refractivity (Wildman–Crippen MR) is 75.4 cm³/mol. The Morgan fingerprint density at radius 1 is 1.55 bits per heavy atom. The van der Waals surface area contributed by atoms with Crippen LogP contribution in [-0.2, 0) is 9.59 Å². The molecule has 1 amide bonds. The monoisotopic (exact) mass is 316 g/mol. The zero-order valence-corrected chi connectivity index (χ0v) is 11.9. The van der Waals surface area contributed by atoms with Gasteiger partial charge in [0.1, 0.15) is 6.04 Å². The van der Waals surface area contributed by atoms with Crippen molar-refractivity contribution in [2.45, 2.75) is 37.8 Å². The van der Waals surface area contributed by atoms with Crippen molar-refractivity contribution in [3.05, 3.63) is 10.1 Å². The van der Waals surface area contributed by atoms with Gasteiger partial charge in [0.05, 0.1) is 0 Å². The number of nitrogens with zero attached hydrogens (tertiary/aromatic N) is 2. The van der Waals surface area contributed by atoms with Crippen molar-refractivity contribution in [3.8, 4) is 0 Å². The topological polar surface area (TPSA) is 175 Å². The van der Waals surface area contributed by atoms with E-state index in [0.717, 1.165) is 0 Å². The van der Waals surface area contributed by atoms with Gasteiger partial charge < -0.3 is 21.1 Å². The lowest BCUT2D eigenvalue weighted by Crippen LogP contribution is -2.51. The van der Waals surface area contributed by atoms with Crippen LogP contribution in [0.4, 0.5) is 0 Å². The molecule has 1 saturated heterocycles. The Morgan fingerprint density at radius 2 is 2.23 bits per heavy atom. The first-order chi connectivity index (χ1) is 10.3.